The predicted octanol–water partition coefficient (Wildman–Crippen LogP) is 1.21. The Kier molecular flexibility index (Phi) is 2.74. The van der Waals surface area contributed by atoms with Crippen LogP contribution in [0.4, 0.5) is 0 Å². The van der Waals surface area contributed by atoms with Crippen molar-refractivity contribution in [2.45, 2.75) is 0 Å². The lowest BCUT2D eigenvalue weighted by Gasteiger charge is -2.20. The fraction of sp³-hybridized carbons (Fsp3) is 0.333. The van der Waals surface area contributed by atoms with E-state index >= 15 is 0 Å². The molecule has 0 atom stereocenters. The topological polar surface area (TPSA) is 77.9 Å². The number of pyridine rings is 1. The van der Waals surface area contributed by atoms with Gasteiger partial charge in [0.15, 0.2) is 5.75 Å². The molecule has 0 saturated heterocycles. The number of methoxy groups -OCH3 is 1. The smallest absolute Gasteiger partial charge is 0.341 e. The van der Waals surface area contributed by atoms with Crippen LogP contribution < -0.4 is 14.2 Å². The zero-order valence-electron chi connectivity index (χ0n) is 8.32. The Balaban J connectivity index is 2.67. The van der Waals surface area contributed by atoms with Gasteiger partial charge in [-0.25, -0.2) is 4.79 Å². The van der Waals surface area contributed by atoms with E-state index in [-0.39, 0.29) is 34.7 Å². The van der Waals surface area contributed by atoms with Gasteiger partial charge in [-0.05, 0) is 0 Å². The maximum Gasteiger partial charge on any atom is 0.341 e. The van der Waals surface area contributed by atoms with Crippen molar-refractivity contribution in [2.75, 3.05) is 20.3 Å². The lowest BCUT2D eigenvalue weighted by molar-refractivity contribution is 0.0684. The molecule has 0 spiro atoms. The number of nitrogens with zero attached hydrogens (tertiary/aromatic N) is 1. The summed E-state index contributed by atoms with van der Waals surface area (Å²) >= 11 is 5.84. The normalized spacial score (nSPS) is 13.4. The Morgan fingerprint density at radius 3 is 2.81 bits per heavy atom. The SMILES string of the molecule is COc1nc2c(c(C(=O)O)c1Cl)OCCO2. The molecule has 1 aromatic rings. The molecule has 16 heavy (non-hydrogen) atoms. The molecule has 0 unspecified atom stereocenters. The number of ether oxygens (including phenoxy) is 3. The quantitative estimate of drug-likeness (QED) is 0.844. The molecule has 1 aliphatic rings. The van der Waals surface area contributed by atoms with Gasteiger partial charge in [0.2, 0.25) is 5.88 Å². The predicted molar refractivity (Wildman–Crippen MR) is 53.7 cm³/mol. The van der Waals surface area contributed by atoms with E-state index in [1.165, 1.54) is 7.11 Å². The maximum absolute atomic E-state index is 11.1. The van der Waals surface area contributed by atoms with Crippen molar-refractivity contribution in [2.24, 2.45) is 0 Å². The van der Waals surface area contributed by atoms with Crippen LogP contribution in [0.1, 0.15) is 10.4 Å². The van der Waals surface area contributed by atoms with Crippen LogP contribution in [-0.2, 0) is 0 Å². The summed E-state index contributed by atoms with van der Waals surface area (Å²) in [5, 5.41) is 8.94. The highest BCUT2D eigenvalue weighted by Gasteiger charge is 2.28. The molecule has 0 bridgehead atoms. The van der Waals surface area contributed by atoms with Gasteiger partial charge < -0.3 is 19.3 Å². The summed E-state index contributed by atoms with van der Waals surface area (Å²) in [7, 11) is 1.34. The summed E-state index contributed by atoms with van der Waals surface area (Å²) < 4.78 is 15.2. The Hall–Kier alpha value is -1.69. The molecule has 86 valence electrons. The van der Waals surface area contributed by atoms with E-state index in [2.05, 4.69) is 4.98 Å². The van der Waals surface area contributed by atoms with Crippen molar-refractivity contribution >= 4 is 17.6 Å². The minimum absolute atomic E-state index is 0.00307. The molecule has 1 N–H and O–H groups in total. The van der Waals surface area contributed by atoms with Crippen LogP contribution in [-0.4, -0.2) is 36.4 Å². The summed E-state index contributed by atoms with van der Waals surface area (Å²) in [6.45, 7) is 0.571. The highest BCUT2D eigenvalue weighted by atomic mass is 35.5. The Morgan fingerprint density at radius 1 is 1.50 bits per heavy atom. The third-order valence-electron chi connectivity index (χ3n) is 2.01. The van der Waals surface area contributed by atoms with Crippen LogP contribution in [0.25, 0.3) is 0 Å². The first-order valence-corrected chi connectivity index (χ1v) is 4.79. The van der Waals surface area contributed by atoms with Crippen LogP contribution in [0.2, 0.25) is 5.02 Å². The minimum atomic E-state index is -1.22. The molecule has 0 amide bonds. The maximum atomic E-state index is 11.1. The van der Waals surface area contributed by atoms with Gasteiger partial charge in [-0.15, -0.1) is 0 Å². The van der Waals surface area contributed by atoms with Crippen molar-refractivity contribution < 1.29 is 24.1 Å². The molecule has 0 fully saturated rings. The van der Waals surface area contributed by atoms with Gasteiger partial charge >= 0.3 is 5.97 Å². The highest BCUT2D eigenvalue weighted by molar-refractivity contribution is 6.35. The lowest BCUT2D eigenvalue weighted by atomic mass is 10.2. The van der Waals surface area contributed by atoms with Crippen molar-refractivity contribution in [3.05, 3.63) is 10.6 Å². The monoisotopic (exact) mass is 245 g/mol. The summed E-state index contributed by atoms with van der Waals surface area (Å²) in [4.78, 5) is 15.0. The standard InChI is InChI=1S/C9H8ClNO5/c1-14-7-5(10)4(9(12)13)6-8(11-7)16-3-2-15-6/h2-3H2,1H3,(H,12,13). The highest BCUT2D eigenvalue weighted by Crippen LogP contribution is 2.40. The molecule has 0 saturated carbocycles. The van der Waals surface area contributed by atoms with E-state index < -0.39 is 5.97 Å². The second-order valence-electron chi connectivity index (χ2n) is 2.95. The van der Waals surface area contributed by atoms with Crippen molar-refractivity contribution in [1.29, 1.82) is 0 Å². The molecule has 0 radical (unpaired) electrons. The fourth-order valence-electron chi connectivity index (χ4n) is 1.35. The van der Waals surface area contributed by atoms with E-state index in [1.807, 2.05) is 0 Å². The molecule has 7 heteroatoms. The Bertz CT molecular complexity index is 448. The third-order valence-corrected chi connectivity index (χ3v) is 2.36. The number of fused-ring (bicyclic) bond motifs is 1. The first-order chi connectivity index (χ1) is 7.65. The Labute approximate surface area is 95.7 Å². The second-order valence-corrected chi connectivity index (χ2v) is 3.32. The van der Waals surface area contributed by atoms with Crippen LogP contribution in [0, 0.1) is 0 Å². The molecular formula is C9H8ClNO5. The number of aromatic nitrogens is 1. The first kappa shape index (κ1) is 10.8. The third kappa shape index (κ3) is 1.61. The van der Waals surface area contributed by atoms with Gasteiger partial charge in [-0.1, -0.05) is 11.6 Å². The summed E-state index contributed by atoms with van der Waals surface area (Å²) in [5.74, 6) is -1.08. The van der Waals surface area contributed by atoms with Crippen molar-refractivity contribution in [3.63, 3.8) is 0 Å². The lowest BCUT2D eigenvalue weighted by Crippen LogP contribution is -2.19. The van der Waals surface area contributed by atoms with Crippen LogP contribution in [0.15, 0.2) is 0 Å². The van der Waals surface area contributed by atoms with E-state index in [4.69, 9.17) is 30.9 Å². The van der Waals surface area contributed by atoms with Gasteiger partial charge in [0.25, 0.3) is 5.88 Å². The number of hydrogen-bond donors (Lipinski definition) is 1. The average molecular weight is 246 g/mol. The number of carbonyl (C=O) groups is 1. The molecule has 0 aromatic carbocycles. The number of rotatable bonds is 2. The largest absolute Gasteiger partial charge is 0.484 e. The van der Waals surface area contributed by atoms with Gasteiger partial charge in [-0.2, -0.15) is 4.98 Å². The fourth-order valence-corrected chi connectivity index (χ4v) is 1.63. The summed E-state index contributed by atoms with van der Waals surface area (Å²) in [6, 6.07) is 0. The molecule has 1 aliphatic heterocycles. The minimum Gasteiger partial charge on any atom is -0.484 e. The second kappa shape index (κ2) is 4.05. The molecule has 2 heterocycles. The van der Waals surface area contributed by atoms with Gasteiger partial charge in [0, 0.05) is 0 Å². The molecule has 2 rings (SSSR count). The van der Waals surface area contributed by atoms with E-state index in [0.29, 0.717) is 6.61 Å². The van der Waals surface area contributed by atoms with Gasteiger partial charge in [0.05, 0.1) is 7.11 Å². The number of hydrogen-bond acceptors (Lipinski definition) is 5. The zero-order chi connectivity index (χ0) is 11.7. The number of carboxylic acids is 1. The molecule has 1 aromatic heterocycles. The first-order valence-electron chi connectivity index (χ1n) is 4.41. The molecular weight excluding hydrogens is 238 g/mol. The van der Waals surface area contributed by atoms with Crippen LogP contribution >= 0.6 is 11.6 Å². The number of aromatic carboxylic acids is 1. The van der Waals surface area contributed by atoms with E-state index in [9.17, 15) is 4.79 Å². The van der Waals surface area contributed by atoms with E-state index in [0.717, 1.165) is 0 Å². The number of halogens is 1. The summed E-state index contributed by atoms with van der Waals surface area (Å²) in [6.07, 6.45) is 0. The van der Waals surface area contributed by atoms with E-state index in [1.54, 1.807) is 0 Å². The van der Waals surface area contributed by atoms with Crippen molar-refractivity contribution in [3.8, 4) is 17.5 Å². The van der Waals surface area contributed by atoms with Crippen molar-refractivity contribution in [1.82, 2.24) is 4.98 Å². The van der Waals surface area contributed by atoms with Crippen LogP contribution in [0.5, 0.6) is 17.5 Å². The van der Waals surface area contributed by atoms with Crippen LogP contribution in [0.3, 0.4) is 0 Å². The summed E-state index contributed by atoms with van der Waals surface area (Å²) in [5.41, 5.74) is -0.191. The Morgan fingerprint density at radius 2 is 2.19 bits per heavy atom. The zero-order valence-corrected chi connectivity index (χ0v) is 9.08. The van der Waals surface area contributed by atoms with Gasteiger partial charge in [-0.3, -0.25) is 0 Å². The average Bonchev–Trinajstić information content (AvgIpc) is 2.27. The number of carboxylic acid groups (broad SMARTS) is 1. The molecule has 0 aliphatic carbocycles. The van der Waals surface area contributed by atoms with Gasteiger partial charge in [0.1, 0.15) is 23.8 Å². The molecule has 6 nitrogen and oxygen atoms in total.